The summed E-state index contributed by atoms with van der Waals surface area (Å²) in [6.07, 6.45) is 0. The number of aromatic nitrogens is 1. The van der Waals surface area contributed by atoms with Gasteiger partial charge in [-0.2, -0.15) is 0 Å². The van der Waals surface area contributed by atoms with E-state index < -0.39 is 0 Å². The molecule has 0 saturated heterocycles. The number of hydrogen-bond donors (Lipinski definition) is 1. The molecule has 2 aromatic heterocycles. The molecular weight excluding hydrogens is 288 g/mol. The quantitative estimate of drug-likeness (QED) is 0.740. The molecule has 0 spiro atoms. The van der Waals surface area contributed by atoms with Crippen LogP contribution >= 0.6 is 27.3 Å². The number of anilines is 1. The van der Waals surface area contributed by atoms with Crippen LogP contribution in [-0.2, 0) is 0 Å². The van der Waals surface area contributed by atoms with Crippen LogP contribution < -0.4 is 5.73 Å². The van der Waals surface area contributed by atoms with E-state index in [1.54, 1.807) is 17.4 Å². The molecule has 0 atom stereocenters. The van der Waals surface area contributed by atoms with E-state index in [2.05, 4.69) is 33.2 Å². The lowest BCUT2D eigenvalue weighted by Crippen LogP contribution is -1.79. The lowest BCUT2D eigenvalue weighted by molar-refractivity contribution is 0.436. The zero-order valence-corrected chi connectivity index (χ0v) is 10.5. The van der Waals surface area contributed by atoms with E-state index in [9.17, 15) is 0 Å². The Hall–Kier alpha value is -1.33. The number of nitrogens with two attached hydrogens (primary N) is 1. The second kappa shape index (κ2) is 3.61. The van der Waals surface area contributed by atoms with Crippen LogP contribution in [0.25, 0.3) is 20.7 Å². The molecule has 16 heavy (non-hydrogen) atoms. The first-order chi connectivity index (χ1) is 7.74. The average molecular weight is 295 g/mol. The van der Waals surface area contributed by atoms with Gasteiger partial charge in [0.1, 0.15) is 0 Å². The van der Waals surface area contributed by atoms with Crippen molar-refractivity contribution in [2.24, 2.45) is 0 Å². The molecule has 0 unspecified atom stereocenters. The molecule has 0 amide bonds. The average Bonchev–Trinajstić information content (AvgIpc) is 2.84. The Morgan fingerprint density at radius 3 is 2.88 bits per heavy atom. The van der Waals surface area contributed by atoms with Crippen LogP contribution in [0.1, 0.15) is 0 Å². The monoisotopic (exact) mass is 294 g/mol. The summed E-state index contributed by atoms with van der Waals surface area (Å²) in [7, 11) is 0. The van der Waals surface area contributed by atoms with Crippen molar-refractivity contribution in [1.29, 1.82) is 0 Å². The standard InChI is InChI=1S/C11H7BrN2OS/c12-7-2-1-3-9-6(7)4-10(16-9)8-5-11(13)14-15-8/h1-5H,(H2,13,14). The maximum absolute atomic E-state index is 5.53. The van der Waals surface area contributed by atoms with E-state index in [1.165, 1.54) is 10.1 Å². The molecule has 3 aromatic rings. The summed E-state index contributed by atoms with van der Waals surface area (Å²) in [6, 6.07) is 9.92. The first-order valence-electron chi connectivity index (χ1n) is 4.64. The van der Waals surface area contributed by atoms with Crippen LogP contribution in [0.5, 0.6) is 0 Å². The van der Waals surface area contributed by atoms with Gasteiger partial charge in [0.25, 0.3) is 0 Å². The van der Waals surface area contributed by atoms with Crippen molar-refractivity contribution in [2.45, 2.75) is 0 Å². The zero-order chi connectivity index (χ0) is 11.1. The highest BCUT2D eigenvalue weighted by Crippen LogP contribution is 2.37. The molecule has 0 aliphatic carbocycles. The molecule has 3 rings (SSSR count). The molecule has 0 bridgehead atoms. The van der Waals surface area contributed by atoms with E-state index >= 15 is 0 Å². The summed E-state index contributed by atoms with van der Waals surface area (Å²) in [5.41, 5.74) is 5.53. The summed E-state index contributed by atoms with van der Waals surface area (Å²) < 4.78 is 7.43. The van der Waals surface area contributed by atoms with Crippen molar-refractivity contribution < 1.29 is 4.52 Å². The Labute approximate surface area is 104 Å². The Kier molecular flexibility index (Phi) is 2.22. The molecule has 80 valence electrons. The Balaban J connectivity index is 2.22. The van der Waals surface area contributed by atoms with Crippen molar-refractivity contribution in [3.63, 3.8) is 0 Å². The lowest BCUT2D eigenvalue weighted by atomic mass is 10.2. The van der Waals surface area contributed by atoms with Crippen LogP contribution in [0.15, 0.2) is 39.3 Å². The number of hydrogen-bond acceptors (Lipinski definition) is 4. The number of fused-ring (bicyclic) bond motifs is 1. The fraction of sp³-hybridized carbons (Fsp3) is 0. The summed E-state index contributed by atoms with van der Waals surface area (Å²) in [5, 5.41) is 4.86. The van der Waals surface area contributed by atoms with Gasteiger partial charge in [-0.15, -0.1) is 11.3 Å². The number of thiophene rings is 1. The first-order valence-corrected chi connectivity index (χ1v) is 6.25. The largest absolute Gasteiger partial charge is 0.381 e. The van der Waals surface area contributed by atoms with Gasteiger partial charge in [-0.25, -0.2) is 0 Å². The molecule has 0 aliphatic rings. The predicted molar refractivity (Wildman–Crippen MR) is 69.4 cm³/mol. The second-order valence-corrected chi connectivity index (χ2v) is 5.32. The van der Waals surface area contributed by atoms with Gasteiger partial charge in [-0.1, -0.05) is 27.2 Å². The van der Waals surface area contributed by atoms with E-state index in [0.29, 0.717) is 11.6 Å². The van der Waals surface area contributed by atoms with Crippen molar-refractivity contribution in [3.05, 3.63) is 34.8 Å². The minimum absolute atomic E-state index is 0.409. The fourth-order valence-corrected chi connectivity index (χ4v) is 3.20. The highest BCUT2D eigenvalue weighted by atomic mass is 79.9. The highest BCUT2D eigenvalue weighted by Gasteiger charge is 2.10. The third-order valence-electron chi connectivity index (χ3n) is 2.28. The summed E-state index contributed by atoms with van der Waals surface area (Å²) in [5.74, 6) is 1.12. The topological polar surface area (TPSA) is 52.0 Å². The van der Waals surface area contributed by atoms with Crippen LogP contribution in [0.3, 0.4) is 0 Å². The molecule has 2 heterocycles. The van der Waals surface area contributed by atoms with Crippen molar-refractivity contribution >= 4 is 43.2 Å². The molecule has 0 radical (unpaired) electrons. The van der Waals surface area contributed by atoms with Gasteiger partial charge in [0.2, 0.25) is 0 Å². The number of nitrogens with zero attached hydrogens (tertiary/aromatic N) is 1. The summed E-state index contributed by atoms with van der Waals surface area (Å²) >= 11 is 5.18. The Bertz CT molecular complexity index is 659. The van der Waals surface area contributed by atoms with Crippen LogP contribution in [-0.4, -0.2) is 5.16 Å². The summed E-state index contributed by atoms with van der Waals surface area (Å²) in [6.45, 7) is 0. The maximum atomic E-state index is 5.53. The number of halogens is 1. The van der Waals surface area contributed by atoms with Crippen LogP contribution in [0.2, 0.25) is 0 Å². The number of nitrogen functional groups attached to an aromatic ring is 1. The minimum atomic E-state index is 0.409. The van der Waals surface area contributed by atoms with Gasteiger partial charge in [-0.3, -0.25) is 0 Å². The molecule has 0 aliphatic heterocycles. The highest BCUT2D eigenvalue weighted by molar-refractivity contribution is 9.10. The first kappa shape index (κ1) is 9.86. The molecule has 0 fully saturated rings. The Morgan fingerprint density at radius 1 is 1.31 bits per heavy atom. The third kappa shape index (κ3) is 1.52. The summed E-state index contributed by atoms with van der Waals surface area (Å²) in [4.78, 5) is 1.03. The van der Waals surface area contributed by atoms with E-state index in [1.807, 2.05) is 12.1 Å². The van der Waals surface area contributed by atoms with E-state index in [4.69, 9.17) is 10.3 Å². The third-order valence-corrected chi connectivity index (χ3v) is 4.09. The minimum Gasteiger partial charge on any atom is -0.381 e. The van der Waals surface area contributed by atoms with Gasteiger partial charge >= 0.3 is 0 Å². The van der Waals surface area contributed by atoms with Crippen LogP contribution in [0.4, 0.5) is 5.82 Å². The lowest BCUT2D eigenvalue weighted by Gasteiger charge is -1.89. The number of benzene rings is 1. The normalized spacial score (nSPS) is 11.1. The molecule has 0 saturated carbocycles. The van der Waals surface area contributed by atoms with Gasteiger partial charge in [0.05, 0.1) is 4.88 Å². The maximum Gasteiger partial charge on any atom is 0.179 e. The molecular formula is C11H7BrN2OS. The second-order valence-electron chi connectivity index (χ2n) is 3.38. The number of rotatable bonds is 1. The van der Waals surface area contributed by atoms with Gasteiger partial charge in [0, 0.05) is 20.6 Å². The fourth-order valence-electron chi connectivity index (χ4n) is 1.55. The SMILES string of the molecule is Nc1cc(-c2cc3c(Br)cccc3s2)on1. The molecule has 3 nitrogen and oxygen atoms in total. The molecule has 5 heteroatoms. The van der Waals surface area contributed by atoms with E-state index in [0.717, 1.165) is 9.35 Å². The molecule has 1 aromatic carbocycles. The van der Waals surface area contributed by atoms with Crippen molar-refractivity contribution in [3.8, 4) is 10.6 Å². The Morgan fingerprint density at radius 2 is 2.19 bits per heavy atom. The van der Waals surface area contributed by atoms with Crippen molar-refractivity contribution in [1.82, 2.24) is 5.16 Å². The van der Waals surface area contributed by atoms with E-state index in [-0.39, 0.29) is 0 Å². The zero-order valence-electron chi connectivity index (χ0n) is 8.11. The van der Waals surface area contributed by atoms with Gasteiger partial charge in [0.15, 0.2) is 11.6 Å². The predicted octanol–water partition coefficient (Wildman–Crippen LogP) is 3.90. The smallest absolute Gasteiger partial charge is 0.179 e. The molecule has 2 N–H and O–H groups in total. The van der Waals surface area contributed by atoms with Crippen molar-refractivity contribution in [2.75, 3.05) is 5.73 Å². The van der Waals surface area contributed by atoms with Gasteiger partial charge < -0.3 is 10.3 Å². The van der Waals surface area contributed by atoms with Crippen LogP contribution in [0, 0.1) is 0 Å². The van der Waals surface area contributed by atoms with Gasteiger partial charge in [-0.05, 0) is 18.2 Å².